The van der Waals surface area contributed by atoms with Crippen LogP contribution >= 0.6 is 35.0 Å². The zero-order valence-electron chi connectivity index (χ0n) is 14.6. The summed E-state index contributed by atoms with van der Waals surface area (Å²) < 4.78 is 5.87. The second-order valence-corrected chi connectivity index (χ2v) is 7.53. The number of rotatable bonds is 7. The summed E-state index contributed by atoms with van der Waals surface area (Å²) in [5, 5.41) is 17.6. The molecule has 0 atom stereocenters. The predicted molar refractivity (Wildman–Crippen MR) is 110 cm³/mol. The molecule has 2 N–H and O–H groups in total. The van der Waals surface area contributed by atoms with Gasteiger partial charge in [0.2, 0.25) is 5.16 Å². The quantitative estimate of drug-likeness (QED) is 0.390. The number of carbonyl (C=O) groups is 1. The van der Waals surface area contributed by atoms with Gasteiger partial charge in [0.15, 0.2) is 0 Å². The van der Waals surface area contributed by atoms with Crippen LogP contribution in [0.25, 0.3) is 6.08 Å². The topological polar surface area (TPSA) is 88.1 Å². The van der Waals surface area contributed by atoms with Crippen molar-refractivity contribution in [2.75, 3.05) is 0 Å². The van der Waals surface area contributed by atoms with E-state index in [4.69, 9.17) is 27.9 Å². The van der Waals surface area contributed by atoms with Crippen molar-refractivity contribution in [3.8, 4) is 5.75 Å². The lowest BCUT2D eigenvalue weighted by molar-refractivity contribution is -0.131. The molecule has 1 heterocycles. The SMILES string of the molecule is Cc1nc(S/C(=C\c2cc(Cl)ccc2OCc2ccccc2Cl)C(=O)O)n[nH]1. The number of hydrogen-bond acceptors (Lipinski definition) is 5. The number of carboxylic acids is 1. The van der Waals surface area contributed by atoms with Crippen molar-refractivity contribution >= 4 is 47.0 Å². The largest absolute Gasteiger partial charge is 0.488 e. The Labute approximate surface area is 175 Å². The number of aliphatic carboxylic acids is 1. The highest BCUT2D eigenvalue weighted by Crippen LogP contribution is 2.31. The van der Waals surface area contributed by atoms with Gasteiger partial charge in [-0.2, -0.15) is 0 Å². The molecule has 0 spiro atoms. The monoisotopic (exact) mass is 435 g/mol. The van der Waals surface area contributed by atoms with E-state index < -0.39 is 5.97 Å². The highest BCUT2D eigenvalue weighted by atomic mass is 35.5. The number of hydrogen-bond donors (Lipinski definition) is 2. The first-order valence-corrected chi connectivity index (χ1v) is 9.67. The van der Waals surface area contributed by atoms with E-state index in [2.05, 4.69) is 15.2 Å². The number of halogens is 2. The van der Waals surface area contributed by atoms with Gasteiger partial charge in [0.05, 0.1) is 0 Å². The van der Waals surface area contributed by atoms with Crippen LogP contribution in [0.5, 0.6) is 5.75 Å². The minimum Gasteiger partial charge on any atom is -0.488 e. The third kappa shape index (κ3) is 5.28. The standard InChI is InChI=1S/C19H15Cl2N3O3S/c1-11-22-19(24-23-11)28-17(18(25)26)9-13-8-14(20)6-7-16(13)27-10-12-4-2-3-5-15(12)21/h2-9H,10H2,1H3,(H,25,26)(H,22,23,24)/b17-9-. The average Bonchev–Trinajstić information content (AvgIpc) is 3.06. The molecular weight excluding hydrogens is 421 g/mol. The van der Waals surface area contributed by atoms with Crippen molar-refractivity contribution in [2.45, 2.75) is 18.7 Å². The Bertz CT molecular complexity index is 1040. The van der Waals surface area contributed by atoms with Crippen molar-refractivity contribution in [1.29, 1.82) is 0 Å². The van der Waals surface area contributed by atoms with Crippen molar-refractivity contribution < 1.29 is 14.6 Å². The molecule has 6 nitrogen and oxygen atoms in total. The molecule has 0 aliphatic carbocycles. The maximum atomic E-state index is 11.7. The van der Waals surface area contributed by atoms with Gasteiger partial charge in [0, 0.05) is 21.2 Å². The molecule has 0 saturated heterocycles. The summed E-state index contributed by atoms with van der Waals surface area (Å²) in [5.41, 5.74) is 1.34. The highest BCUT2D eigenvalue weighted by Gasteiger charge is 2.15. The lowest BCUT2D eigenvalue weighted by Gasteiger charge is -2.11. The first-order chi connectivity index (χ1) is 13.4. The average molecular weight is 436 g/mol. The van der Waals surface area contributed by atoms with Crippen LogP contribution in [0.4, 0.5) is 0 Å². The molecule has 0 saturated carbocycles. The molecule has 28 heavy (non-hydrogen) atoms. The van der Waals surface area contributed by atoms with Crippen molar-refractivity contribution in [3.63, 3.8) is 0 Å². The van der Waals surface area contributed by atoms with E-state index in [-0.39, 0.29) is 11.5 Å². The Kier molecular flexibility index (Phi) is 6.61. The number of ether oxygens (including phenoxy) is 1. The predicted octanol–water partition coefficient (Wildman–Crippen LogP) is 5.22. The molecule has 144 valence electrons. The minimum absolute atomic E-state index is 0.0314. The molecular formula is C19H15Cl2N3O3S. The maximum Gasteiger partial charge on any atom is 0.342 e. The summed E-state index contributed by atoms with van der Waals surface area (Å²) in [6.07, 6.45) is 1.48. The molecule has 0 bridgehead atoms. The number of nitrogens with zero attached hydrogens (tertiary/aromatic N) is 2. The van der Waals surface area contributed by atoms with Crippen LogP contribution in [0.2, 0.25) is 10.0 Å². The van der Waals surface area contributed by atoms with E-state index in [9.17, 15) is 9.90 Å². The summed E-state index contributed by atoms with van der Waals surface area (Å²) in [4.78, 5) is 15.8. The van der Waals surface area contributed by atoms with Gasteiger partial charge in [-0.15, -0.1) is 5.10 Å². The van der Waals surface area contributed by atoms with E-state index >= 15 is 0 Å². The fourth-order valence-electron chi connectivity index (χ4n) is 2.28. The molecule has 0 radical (unpaired) electrons. The lowest BCUT2D eigenvalue weighted by atomic mass is 10.2. The normalized spacial score (nSPS) is 11.5. The van der Waals surface area contributed by atoms with Crippen LogP contribution in [0, 0.1) is 6.92 Å². The maximum absolute atomic E-state index is 11.7. The molecule has 1 aromatic heterocycles. The Hall–Kier alpha value is -2.48. The zero-order chi connectivity index (χ0) is 20.1. The third-order valence-corrected chi connectivity index (χ3v) is 5.07. The summed E-state index contributed by atoms with van der Waals surface area (Å²) in [7, 11) is 0. The molecule has 3 rings (SSSR count). The van der Waals surface area contributed by atoms with Gasteiger partial charge >= 0.3 is 5.97 Å². The summed E-state index contributed by atoms with van der Waals surface area (Å²) in [5.74, 6) is -0.0296. The number of aryl methyl sites for hydroxylation is 1. The molecule has 0 unspecified atom stereocenters. The Morgan fingerprint density at radius 1 is 1.29 bits per heavy atom. The Morgan fingerprint density at radius 3 is 2.75 bits per heavy atom. The van der Waals surface area contributed by atoms with E-state index in [1.165, 1.54) is 6.08 Å². The number of carboxylic acid groups (broad SMARTS) is 1. The molecule has 9 heteroatoms. The first kappa shape index (κ1) is 20.3. The van der Waals surface area contributed by atoms with Gasteiger partial charge in [-0.25, -0.2) is 9.78 Å². The van der Waals surface area contributed by atoms with Crippen LogP contribution in [0.15, 0.2) is 52.5 Å². The van der Waals surface area contributed by atoms with E-state index in [1.54, 1.807) is 31.2 Å². The first-order valence-electron chi connectivity index (χ1n) is 8.10. The Balaban J connectivity index is 1.88. The molecule has 0 aliphatic heterocycles. The third-order valence-electron chi connectivity index (χ3n) is 3.59. The number of H-pyrrole nitrogens is 1. The van der Waals surface area contributed by atoms with Gasteiger partial charge in [0.25, 0.3) is 0 Å². The summed E-state index contributed by atoms with van der Waals surface area (Å²) >= 11 is 13.2. The van der Waals surface area contributed by atoms with E-state index in [0.29, 0.717) is 32.3 Å². The highest BCUT2D eigenvalue weighted by molar-refractivity contribution is 8.04. The number of benzene rings is 2. The second kappa shape index (κ2) is 9.14. The Morgan fingerprint density at radius 2 is 2.07 bits per heavy atom. The van der Waals surface area contributed by atoms with Gasteiger partial charge in [0.1, 0.15) is 23.1 Å². The van der Waals surface area contributed by atoms with Gasteiger partial charge in [-0.1, -0.05) is 41.4 Å². The smallest absolute Gasteiger partial charge is 0.342 e. The van der Waals surface area contributed by atoms with Crippen LogP contribution in [0.1, 0.15) is 17.0 Å². The van der Waals surface area contributed by atoms with Crippen LogP contribution in [-0.4, -0.2) is 26.3 Å². The van der Waals surface area contributed by atoms with Gasteiger partial charge in [-0.3, -0.25) is 5.10 Å². The lowest BCUT2D eigenvalue weighted by Crippen LogP contribution is -2.00. The second-order valence-electron chi connectivity index (χ2n) is 5.68. The van der Waals surface area contributed by atoms with E-state index in [0.717, 1.165) is 17.3 Å². The number of thioether (sulfide) groups is 1. The molecule has 0 amide bonds. The molecule has 0 aliphatic rings. The molecule has 2 aromatic carbocycles. The van der Waals surface area contributed by atoms with Crippen LogP contribution < -0.4 is 4.74 Å². The van der Waals surface area contributed by atoms with Crippen molar-refractivity contribution in [2.24, 2.45) is 0 Å². The summed E-state index contributed by atoms with van der Waals surface area (Å²) in [6, 6.07) is 12.3. The van der Waals surface area contributed by atoms with Crippen LogP contribution in [0.3, 0.4) is 0 Å². The zero-order valence-corrected chi connectivity index (χ0v) is 17.0. The van der Waals surface area contributed by atoms with Crippen LogP contribution in [-0.2, 0) is 11.4 Å². The molecule has 3 aromatic rings. The number of nitrogens with one attached hydrogen (secondary N) is 1. The fourth-order valence-corrected chi connectivity index (χ4v) is 3.39. The summed E-state index contributed by atoms with van der Waals surface area (Å²) in [6.45, 7) is 1.97. The van der Waals surface area contributed by atoms with Crippen molar-refractivity contribution in [3.05, 3.63) is 74.4 Å². The number of aromatic nitrogens is 3. The molecule has 0 fully saturated rings. The van der Waals surface area contributed by atoms with Gasteiger partial charge < -0.3 is 9.84 Å². The van der Waals surface area contributed by atoms with Gasteiger partial charge in [-0.05, 0) is 49.0 Å². The van der Waals surface area contributed by atoms with Crippen molar-refractivity contribution in [1.82, 2.24) is 15.2 Å². The number of aromatic amines is 1. The van der Waals surface area contributed by atoms with E-state index in [1.807, 2.05) is 18.2 Å². The fraction of sp³-hybridized carbons (Fsp3) is 0.105. The minimum atomic E-state index is -1.11.